The fourth-order valence-electron chi connectivity index (χ4n) is 4.00. The summed E-state index contributed by atoms with van der Waals surface area (Å²) in [6.45, 7) is 2.13. The third-order valence-corrected chi connectivity index (χ3v) is 5.64. The molecule has 9 heteroatoms. The monoisotopic (exact) mass is 379 g/mol. The number of anilines is 1. The molecule has 2 saturated heterocycles. The summed E-state index contributed by atoms with van der Waals surface area (Å²) in [6.07, 6.45) is 4.59. The second kappa shape index (κ2) is 8.37. The molecule has 0 radical (unpaired) electrons. The molecule has 0 spiro atoms. The molecular weight excluding hydrogens is 350 g/mol. The lowest BCUT2D eigenvalue weighted by molar-refractivity contribution is -0.162. The lowest BCUT2D eigenvalue weighted by atomic mass is 9.89. The number of piperidine rings is 1. The van der Waals surface area contributed by atoms with E-state index < -0.39 is 5.60 Å². The fraction of sp³-hybridized carbons (Fsp3) is 0.722. The normalized spacial score (nSPS) is 22.8. The summed E-state index contributed by atoms with van der Waals surface area (Å²) in [4.78, 5) is 29.1. The van der Waals surface area contributed by atoms with Gasteiger partial charge >= 0.3 is 0 Å². The Bertz CT molecular complexity index is 668. The van der Waals surface area contributed by atoms with Gasteiger partial charge < -0.3 is 20.1 Å². The van der Waals surface area contributed by atoms with Crippen molar-refractivity contribution in [3.63, 3.8) is 0 Å². The smallest absolute Gasteiger partial charge is 0.255 e. The highest BCUT2D eigenvalue weighted by Crippen LogP contribution is 2.31. The van der Waals surface area contributed by atoms with E-state index in [2.05, 4.69) is 10.4 Å². The number of hydrogen-bond acceptors (Lipinski definition) is 6. The van der Waals surface area contributed by atoms with Crippen LogP contribution in [-0.2, 0) is 21.4 Å². The van der Waals surface area contributed by atoms with Crippen LogP contribution in [0.15, 0.2) is 12.3 Å². The molecule has 1 atom stereocenters. The van der Waals surface area contributed by atoms with Crippen LogP contribution in [-0.4, -0.2) is 88.0 Å². The fourth-order valence-corrected chi connectivity index (χ4v) is 4.00. The van der Waals surface area contributed by atoms with E-state index in [9.17, 15) is 14.7 Å². The Kier molecular flexibility index (Phi) is 6.13. The Morgan fingerprint density at radius 3 is 2.70 bits per heavy atom. The number of aromatic nitrogens is 2. The van der Waals surface area contributed by atoms with E-state index >= 15 is 0 Å². The number of aliphatic hydroxyl groups excluding tert-OH is 1. The van der Waals surface area contributed by atoms with Crippen molar-refractivity contribution in [3.05, 3.63) is 12.3 Å². The van der Waals surface area contributed by atoms with Gasteiger partial charge in [-0.25, -0.2) is 0 Å². The molecule has 2 aliphatic heterocycles. The Morgan fingerprint density at radius 1 is 1.37 bits per heavy atom. The Labute approximate surface area is 159 Å². The first-order valence-corrected chi connectivity index (χ1v) is 9.46. The van der Waals surface area contributed by atoms with Gasteiger partial charge in [-0.05, 0) is 25.7 Å². The zero-order chi connectivity index (χ0) is 19.4. The maximum absolute atomic E-state index is 13.1. The van der Waals surface area contributed by atoms with E-state index in [0.717, 1.165) is 12.8 Å². The molecule has 1 aromatic rings. The van der Waals surface area contributed by atoms with Crippen molar-refractivity contribution in [1.82, 2.24) is 19.6 Å². The van der Waals surface area contributed by atoms with Gasteiger partial charge in [0.25, 0.3) is 5.91 Å². The summed E-state index contributed by atoms with van der Waals surface area (Å²) < 4.78 is 7.32. The Morgan fingerprint density at radius 2 is 2.11 bits per heavy atom. The number of rotatable bonds is 6. The molecular formula is C18H29N5O4. The summed E-state index contributed by atoms with van der Waals surface area (Å²) >= 11 is 0. The summed E-state index contributed by atoms with van der Waals surface area (Å²) in [5.74, 6) is 0.383. The Balaban J connectivity index is 1.54. The van der Waals surface area contributed by atoms with Crippen LogP contribution in [0.5, 0.6) is 0 Å². The van der Waals surface area contributed by atoms with E-state index in [1.54, 1.807) is 36.0 Å². The molecule has 150 valence electrons. The molecule has 2 fully saturated rings. The van der Waals surface area contributed by atoms with E-state index in [0.29, 0.717) is 38.3 Å². The molecule has 2 amide bonds. The predicted molar refractivity (Wildman–Crippen MR) is 99.1 cm³/mol. The Hall–Kier alpha value is -1.97. The first-order valence-electron chi connectivity index (χ1n) is 9.46. The van der Waals surface area contributed by atoms with Crippen molar-refractivity contribution in [2.24, 2.45) is 7.05 Å². The van der Waals surface area contributed by atoms with Crippen LogP contribution in [0.25, 0.3) is 0 Å². The number of aliphatic hydroxyl groups is 1. The van der Waals surface area contributed by atoms with Crippen molar-refractivity contribution >= 4 is 17.6 Å². The number of nitrogens with zero attached hydrogens (tertiary/aromatic N) is 4. The number of carbonyl (C=O) groups is 2. The summed E-state index contributed by atoms with van der Waals surface area (Å²) in [6, 6.07) is 1.64. The van der Waals surface area contributed by atoms with E-state index in [1.807, 2.05) is 4.90 Å². The molecule has 0 saturated carbocycles. The van der Waals surface area contributed by atoms with Gasteiger partial charge in [-0.15, -0.1) is 0 Å². The summed E-state index contributed by atoms with van der Waals surface area (Å²) in [5, 5.41) is 16.4. The largest absolute Gasteiger partial charge is 0.394 e. The maximum Gasteiger partial charge on any atom is 0.255 e. The average Bonchev–Trinajstić information content (AvgIpc) is 3.30. The number of amides is 2. The molecule has 2 aliphatic rings. The summed E-state index contributed by atoms with van der Waals surface area (Å²) in [5.41, 5.74) is -0.855. The molecule has 27 heavy (non-hydrogen) atoms. The van der Waals surface area contributed by atoms with Gasteiger partial charge in [0.1, 0.15) is 5.60 Å². The number of aryl methyl sites for hydroxylation is 1. The highest BCUT2D eigenvalue weighted by Gasteiger charge is 2.46. The van der Waals surface area contributed by atoms with Crippen molar-refractivity contribution in [2.75, 3.05) is 45.2 Å². The first-order chi connectivity index (χ1) is 13.0. The van der Waals surface area contributed by atoms with E-state index in [4.69, 9.17) is 4.74 Å². The van der Waals surface area contributed by atoms with Gasteiger partial charge in [0.15, 0.2) is 5.82 Å². The van der Waals surface area contributed by atoms with Crippen molar-refractivity contribution < 1.29 is 19.4 Å². The topological polar surface area (TPSA) is 99.9 Å². The van der Waals surface area contributed by atoms with Gasteiger partial charge in [-0.3, -0.25) is 19.2 Å². The molecule has 3 rings (SSSR count). The van der Waals surface area contributed by atoms with Crippen LogP contribution in [0.4, 0.5) is 5.82 Å². The average molecular weight is 379 g/mol. The predicted octanol–water partition coefficient (Wildman–Crippen LogP) is -0.177. The molecule has 0 aliphatic carbocycles. The van der Waals surface area contributed by atoms with Gasteiger partial charge in [0.05, 0.1) is 19.2 Å². The van der Waals surface area contributed by atoms with Crippen LogP contribution >= 0.6 is 0 Å². The molecule has 0 bridgehead atoms. The summed E-state index contributed by atoms with van der Waals surface area (Å²) in [7, 11) is 3.37. The minimum Gasteiger partial charge on any atom is -0.394 e. The van der Waals surface area contributed by atoms with Gasteiger partial charge in [-0.1, -0.05) is 0 Å². The van der Waals surface area contributed by atoms with Crippen LogP contribution in [0.2, 0.25) is 0 Å². The van der Waals surface area contributed by atoms with Gasteiger partial charge in [0.2, 0.25) is 5.91 Å². The van der Waals surface area contributed by atoms with Crippen molar-refractivity contribution in [1.29, 1.82) is 0 Å². The van der Waals surface area contributed by atoms with Crippen molar-refractivity contribution in [3.8, 4) is 0 Å². The minimum absolute atomic E-state index is 0.00858. The minimum atomic E-state index is -0.855. The third-order valence-electron chi connectivity index (χ3n) is 5.64. The lowest BCUT2D eigenvalue weighted by Crippen LogP contribution is -2.57. The third kappa shape index (κ3) is 4.31. The van der Waals surface area contributed by atoms with Gasteiger partial charge in [0, 0.05) is 46.1 Å². The number of hydrogen-bond donors (Lipinski definition) is 2. The number of likely N-dealkylation sites (tertiary alicyclic amines) is 2. The van der Waals surface area contributed by atoms with Crippen LogP contribution in [0, 0.1) is 0 Å². The van der Waals surface area contributed by atoms with Crippen LogP contribution in [0.1, 0.15) is 25.7 Å². The second-order valence-corrected chi connectivity index (χ2v) is 7.37. The quantitative estimate of drug-likeness (QED) is 0.712. The lowest BCUT2D eigenvalue weighted by Gasteiger charge is -2.42. The number of carbonyl (C=O) groups excluding carboxylic acids is 2. The molecule has 0 aromatic carbocycles. The molecule has 9 nitrogen and oxygen atoms in total. The highest BCUT2D eigenvalue weighted by atomic mass is 16.5. The van der Waals surface area contributed by atoms with Crippen LogP contribution in [0.3, 0.4) is 0 Å². The maximum atomic E-state index is 13.1. The van der Waals surface area contributed by atoms with E-state index in [-0.39, 0.29) is 31.0 Å². The van der Waals surface area contributed by atoms with E-state index in [1.165, 1.54) is 0 Å². The number of nitrogens with one attached hydrogen (secondary N) is 1. The molecule has 0 unspecified atom stereocenters. The van der Waals surface area contributed by atoms with Gasteiger partial charge in [-0.2, -0.15) is 5.10 Å². The molecule has 3 heterocycles. The number of ether oxygens (including phenoxy) is 1. The zero-order valence-electron chi connectivity index (χ0n) is 16.1. The molecule has 2 N–H and O–H groups in total. The second-order valence-electron chi connectivity index (χ2n) is 7.37. The zero-order valence-corrected chi connectivity index (χ0v) is 16.1. The number of methoxy groups -OCH3 is 1. The molecule has 1 aromatic heterocycles. The van der Waals surface area contributed by atoms with Crippen molar-refractivity contribution in [2.45, 2.75) is 37.3 Å². The first kappa shape index (κ1) is 19.8. The standard InChI is InChI=1S/C18H29N5O4/c1-21-9-5-15(20-21)19-16(25)12-22-10-6-18(27-2,7-11-22)17(26)23-8-3-4-14(23)13-24/h5,9,14,24H,3-4,6-8,10-13H2,1-2H3,(H,19,20,25)/t14-/m1/s1. The SMILES string of the molecule is COC1(C(=O)N2CCC[C@@H]2CO)CCN(CC(=O)Nc2ccn(C)n2)CC1. The highest BCUT2D eigenvalue weighted by molar-refractivity contribution is 5.91. The van der Waals surface area contributed by atoms with Crippen LogP contribution < -0.4 is 5.32 Å².